The number of carbonyl (C=O) groups excluding carboxylic acids is 1. The first-order chi connectivity index (χ1) is 8.78. The fourth-order valence-electron chi connectivity index (χ4n) is 2.29. The van der Waals surface area contributed by atoms with Crippen molar-refractivity contribution in [1.82, 2.24) is 15.7 Å². The predicted octanol–water partition coefficient (Wildman–Crippen LogP) is 1.34. The van der Waals surface area contributed by atoms with Crippen molar-refractivity contribution in [3.05, 3.63) is 35.9 Å². The second-order valence-electron chi connectivity index (χ2n) is 4.62. The third-order valence-corrected chi connectivity index (χ3v) is 3.27. The minimum absolute atomic E-state index is 0.157. The molecule has 0 aromatic heterocycles. The van der Waals surface area contributed by atoms with Gasteiger partial charge in [-0.1, -0.05) is 30.3 Å². The third kappa shape index (κ3) is 3.72. The number of amides is 2. The summed E-state index contributed by atoms with van der Waals surface area (Å²) < 4.78 is 0. The largest absolute Gasteiger partial charge is 0.338 e. The lowest BCUT2D eigenvalue weighted by Crippen LogP contribution is -2.47. The van der Waals surface area contributed by atoms with Gasteiger partial charge in [-0.15, -0.1) is 0 Å². The summed E-state index contributed by atoms with van der Waals surface area (Å²) in [4.78, 5) is 13.3. The zero-order chi connectivity index (χ0) is 12.8. The molecule has 0 spiro atoms. The number of likely N-dealkylation sites (tertiary alicyclic amines) is 1. The van der Waals surface area contributed by atoms with Crippen molar-refractivity contribution in [2.45, 2.75) is 25.4 Å². The molecule has 0 atom stereocenters. The first kappa shape index (κ1) is 12.9. The van der Waals surface area contributed by atoms with Crippen LogP contribution in [0.25, 0.3) is 0 Å². The molecular formula is C13H19N3O2. The number of nitrogens with zero attached hydrogens (tertiary/aromatic N) is 1. The molecule has 0 unspecified atom stereocenters. The standard InChI is InChI=1S/C13H19N3O2/c17-13(15-18)14-12-6-8-16(9-7-12)10-11-4-2-1-3-5-11/h1-5,12,18H,6-10H2,(H2,14,15,17). The van der Waals surface area contributed by atoms with Gasteiger partial charge in [-0.2, -0.15) is 0 Å². The van der Waals surface area contributed by atoms with E-state index in [-0.39, 0.29) is 6.04 Å². The van der Waals surface area contributed by atoms with Gasteiger partial charge in [-0.3, -0.25) is 10.1 Å². The van der Waals surface area contributed by atoms with E-state index in [0.717, 1.165) is 32.5 Å². The Labute approximate surface area is 107 Å². The highest BCUT2D eigenvalue weighted by Crippen LogP contribution is 2.13. The average Bonchev–Trinajstić information content (AvgIpc) is 2.42. The van der Waals surface area contributed by atoms with Crippen LogP contribution in [0.5, 0.6) is 0 Å². The quantitative estimate of drug-likeness (QED) is 0.559. The molecule has 1 saturated heterocycles. The molecule has 0 aliphatic carbocycles. The molecule has 1 heterocycles. The van der Waals surface area contributed by atoms with E-state index in [1.807, 2.05) is 6.07 Å². The van der Waals surface area contributed by atoms with Crippen molar-refractivity contribution in [2.75, 3.05) is 13.1 Å². The minimum atomic E-state index is -0.517. The van der Waals surface area contributed by atoms with Crippen molar-refractivity contribution in [2.24, 2.45) is 0 Å². The van der Waals surface area contributed by atoms with Gasteiger partial charge in [-0.25, -0.2) is 10.3 Å². The number of nitrogens with one attached hydrogen (secondary N) is 2. The van der Waals surface area contributed by atoms with Crippen molar-refractivity contribution in [1.29, 1.82) is 0 Å². The summed E-state index contributed by atoms with van der Waals surface area (Å²) >= 11 is 0. The van der Waals surface area contributed by atoms with E-state index < -0.39 is 6.03 Å². The van der Waals surface area contributed by atoms with Crippen LogP contribution in [-0.4, -0.2) is 35.3 Å². The van der Waals surface area contributed by atoms with Gasteiger partial charge in [0.1, 0.15) is 0 Å². The Bertz CT molecular complexity index is 375. The Morgan fingerprint density at radius 3 is 2.56 bits per heavy atom. The molecule has 5 nitrogen and oxygen atoms in total. The van der Waals surface area contributed by atoms with Crippen LogP contribution in [0.15, 0.2) is 30.3 Å². The third-order valence-electron chi connectivity index (χ3n) is 3.27. The molecule has 1 fully saturated rings. The van der Waals surface area contributed by atoms with Crippen LogP contribution in [0.4, 0.5) is 4.79 Å². The summed E-state index contributed by atoms with van der Waals surface area (Å²) in [5.41, 5.74) is 2.92. The van der Waals surface area contributed by atoms with Crippen LogP contribution < -0.4 is 10.8 Å². The van der Waals surface area contributed by atoms with E-state index >= 15 is 0 Å². The fourth-order valence-corrected chi connectivity index (χ4v) is 2.29. The van der Waals surface area contributed by atoms with Crippen molar-refractivity contribution < 1.29 is 10.0 Å². The van der Waals surface area contributed by atoms with E-state index in [2.05, 4.69) is 34.5 Å². The maximum Gasteiger partial charge on any atom is 0.338 e. The molecule has 3 N–H and O–H groups in total. The summed E-state index contributed by atoms with van der Waals surface area (Å²) in [6.07, 6.45) is 1.83. The molecule has 2 rings (SSSR count). The van der Waals surface area contributed by atoms with E-state index in [9.17, 15) is 4.79 Å². The van der Waals surface area contributed by atoms with Crippen molar-refractivity contribution >= 4 is 6.03 Å². The maximum absolute atomic E-state index is 11.0. The Balaban J connectivity index is 1.75. The van der Waals surface area contributed by atoms with Crippen LogP contribution in [0.1, 0.15) is 18.4 Å². The van der Waals surface area contributed by atoms with Crippen LogP contribution >= 0.6 is 0 Å². The van der Waals surface area contributed by atoms with Gasteiger partial charge < -0.3 is 5.32 Å². The molecule has 0 radical (unpaired) electrons. The molecule has 98 valence electrons. The monoisotopic (exact) mass is 249 g/mol. The molecule has 2 amide bonds. The Morgan fingerprint density at radius 2 is 1.94 bits per heavy atom. The lowest BCUT2D eigenvalue weighted by atomic mass is 10.0. The summed E-state index contributed by atoms with van der Waals surface area (Å²) in [5.74, 6) is 0. The normalized spacial score (nSPS) is 17.4. The number of rotatable bonds is 3. The maximum atomic E-state index is 11.0. The first-order valence-corrected chi connectivity index (χ1v) is 6.25. The molecular weight excluding hydrogens is 230 g/mol. The van der Waals surface area contributed by atoms with E-state index in [1.165, 1.54) is 5.56 Å². The lowest BCUT2D eigenvalue weighted by Gasteiger charge is -2.32. The number of piperidine rings is 1. The first-order valence-electron chi connectivity index (χ1n) is 6.25. The fraction of sp³-hybridized carbons (Fsp3) is 0.462. The molecule has 0 saturated carbocycles. The summed E-state index contributed by atoms with van der Waals surface area (Å²) in [7, 11) is 0. The van der Waals surface area contributed by atoms with Crippen LogP contribution in [0.3, 0.4) is 0 Å². The van der Waals surface area contributed by atoms with Gasteiger partial charge >= 0.3 is 6.03 Å². The predicted molar refractivity (Wildman–Crippen MR) is 68.2 cm³/mol. The zero-order valence-corrected chi connectivity index (χ0v) is 10.3. The minimum Gasteiger partial charge on any atom is -0.334 e. The number of carbonyl (C=O) groups is 1. The highest BCUT2D eigenvalue weighted by atomic mass is 16.5. The van der Waals surface area contributed by atoms with Crippen molar-refractivity contribution in [3.8, 4) is 0 Å². The number of urea groups is 1. The van der Waals surface area contributed by atoms with Crippen molar-refractivity contribution in [3.63, 3.8) is 0 Å². The number of hydrogen-bond acceptors (Lipinski definition) is 3. The van der Waals surface area contributed by atoms with Gasteiger partial charge in [-0.05, 0) is 18.4 Å². The molecule has 18 heavy (non-hydrogen) atoms. The smallest absolute Gasteiger partial charge is 0.334 e. The Hall–Kier alpha value is -1.59. The Morgan fingerprint density at radius 1 is 1.28 bits per heavy atom. The Kier molecular flexibility index (Phi) is 4.55. The average molecular weight is 249 g/mol. The van der Waals surface area contributed by atoms with Gasteiger partial charge in [0.25, 0.3) is 0 Å². The summed E-state index contributed by atoms with van der Waals surface area (Å²) in [6.45, 7) is 2.89. The molecule has 1 aromatic carbocycles. The highest BCUT2D eigenvalue weighted by molar-refractivity contribution is 5.72. The second-order valence-corrected chi connectivity index (χ2v) is 4.62. The van der Waals surface area contributed by atoms with Gasteiger partial charge in [0, 0.05) is 25.7 Å². The second kappa shape index (κ2) is 6.37. The van der Waals surface area contributed by atoms with Gasteiger partial charge in [0.2, 0.25) is 0 Å². The molecule has 0 bridgehead atoms. The summed E-state index contributed by atoms with van der Waals surface area (Å²) in [6, 6.07) is 10.0. The lowest BCUT2D eigenvalue weighted by molar-refractivity contribution is 0.148. The van der Waals surface area contributed by atoms with Gasteiger partial charge in [0.15, 0.2) is 0 Å². The highest BCUT2D eigenvalue weighted by Gasteiger charge is 2.20. The van der Waals surface area contributed by atoms with Crippen LogP contribution in [-0.2, 0) is 6.54 Å². The van der Waals surface area contributed by atoms with E-state index in [4.69, 9.17) is 5.21 Å². The summed E-state index contributed by atoms with van der Waals surface area (Å²) in [5, 5.41) is 11.2. The number of benzene rings is 1. The van der Waals surface area contributed by atoms with E-state index in [0.29, 0.717) is 0 Å². The molecule has 1 aliphatic heterocycles. The zero-order valence-electron chi connectivity index (χ0n) is 10.3. The van der Waals surface area contributed by atoms with E-state index in [1.54, 1.807) is 5.48 Å². The molecule has 5 heteroatoms. The topological polar surface area (TPSA) is 64.6 Å². The van der Waals surface area contributed by atoms with Crippen LogP contribution in [0.2, 0.25) is 0 Å². The molecule has 1 aliphatic rings. The number of hydroxylamine groups is 1. The molecule has 1 aromatic rings. The van der Waals surface area contributed by atoms with Gasteiger partial charge in [0.05, 0.1) is 0 Å². The SMILES string of the molecule is O=C(NO)NC1CCN(Cc2ccccc2)CC1. The van der Waals surface area contributed by atoms with Crippen LogP contribution in [0, 0.1) is 0 Å². The number of hydrogen-bond donors (Lipinski definition) is 3.